The van der Waals surface area contributed by atoms with Crippen molar-refractivity contribution in [3.05, 3.63) is 65.2 Å². The normalized spacial score (nSPS) is 13.0. The number of nitrogens with one attached hydrogen (secondary N) is 1. The molecule has 0 saturated carbocycles. The zero-order chi connectivity index (χ0) is 15.5. The van der Waals surface area contributed by atoms with Crippen molar-refractivity contribution in [3.63, 3.8) is 0 Å². The fraction of sp³-hybridized carbons (Fsp3) is 0.368. The second-order valence-electron chi connectivity index (χ2n) is 6.67. The van der Waals surface area contributed by atoms with E-state index in [0.717, 1.165) is 5.69 Å². The molecule has 0 aliphatic carbocycles. The first-order valence-electron chi connectivity index (χ1n) is 7.54. The average Bonchev–Trinajstić information content (AvgIpc) is 2.46. The van der Waals surface area contributed by atoms with Crippen molar-refractivity contribution >= 4 is 5.69 Å². The van der Waals surface area contributed by atoms with Crippen molar-refractivity contribution in [2.75, 3.05) is 11.9 Å². The fourth-order valence-electron chi connectivity index (χ4n) is 2.34. The van der Waals surface area contributed by atoms with Crippen molar-refractivity contribution in [2.24, 2.45) is 5.73 Å². The van der Waals surface area contributed by atoms with Crippen molar-refractivity contribution < 1.29 is 0 Å². The second kappa shape index (κ2) is 6.31. The van der Waals surface area contributed by atoms with Gasteiger partial charge >= 0.3 is 0 Å². The van der Waals surface area contributed by atoms with Crippen LogP contribution < -0.4 is 11.1 Å². The number of hydrogen-bond acceptors (Lipinski definition) is 2. The Morgan fingerprint density at radius 2 is 1.52 bits per heavy atom. The molecule has 0 aliphatic rings. The van der Waals surface area contributed by atoms with Crippen LogP contribution in [0, 0.1) is 6.92 Å². The summed E-state index contributed by atoms with van der Waals surface area (Å²) in [6.45, 7) is 9.35. The molecule has 2 aromatic rings. The Bertz CT molecular complexity index is 562. The van der Waals surface area contributed by atoms with Gasteiger partial charge in [0.15, 0.2) is 0 Å². The Morgan fingerprint density at radius 3 is 2.00 bits per heavy atom. The number of anilines is 1. The van der Waals surface area contributed by atoms with Gasteiger partial charge in [0.1, 0.15) is 0 Å². The van der Waals surface area contributed by atoms with Gasteiger partial charge in [0.2, 0.25) is 0 Å². The topological polar surface area (TPSA) is 38.0 Å². The molecule has 0 bridgehead atoms. The van der Waals surface area contributed by atoms with Gasteiger partial charge in [0.25, 0.3) is 0 Å². The predicted molar refractivity (Wildman–Crippen MR) is 91.7 cm³/mol. The van der Waals surface area contributed by atoms with E-state index in [2.05, 4.69) is 81.5 Å². The molecule has 2 heteroatoms. The smallest absolute Gasteiger partial charge is 0.0636 e. The summed E-state index contributed by atoms with van der Waals surface area (Å²) >= 11 is 0. The highest BCUT2D eigenvalue weighted by atomic mass is 14.9. The monoisotopic (exact) mass is 282 g/mol. The van der Waals surface area contributed by atoms with E-state index in [-0.39, 0.29) is 11.5 Å². The minimum atomic E-state index is 0.140. The minimum Gasteiger partial charge on any atom is -0.377 e. The van der Waals surface area contributed by atoms with Crippen LogP contribution in [0.2, 0.25) is 0 Å². The summed E-state index contributed by atoms with van der Waals surface area (Å²) in [6.07, 6.45) is 0. The van der Waals surface area contributed by atoms with E-state index in [1.165, 1.54) is 16.7 Å². The number of rotatable bonds is 4. The molecule has 1 atom stereocenters. The van der Waals surface area contributed by atoms with Crippen molar-refractivity contribution in [1.82, 2.24) is 0 Å². The van der Waals surface area contributed by atoms with E-state index in [0.29, 0.717) is 6.54 Å². The van der Waals surface area contributed by atoms with Gasteiger partial charge < -0.3 is 11.1 Å². The van der Waals surface area contributed by atoms with E-state index >= 15 is 0 Å². The number of benzene rings is 2. The van der Waals surface area contributed by atoms with Crippen LogP contribution in [0.3, 0.4) is 0 Å². The predicted octanol–water partition coefficient (Wildman–Crippen LogP) is 4.40. The van der Waals surface area contributed by atoms with Crippen molar-refractivity contribution in [2.45, 2.75) is 39.2 Å². The molecular formula is C19H26N2. The van der Waals surface area contributed by atoms with Gasteiger partial charge in [-0.15, -0.1) is 0 Å². The SMILES string of the molecule is Cc1ccc(NC(CN)c2ccc(C(C)(C)C)cc2)cc1. The standard InChI is InChI=1S/C19H26N2/c1-14-5-11-17(12-6-14)21-18(13-20)15-7-9-16(10-8-15)19(2,3)4/h5-12,18,21H,13,20H2,1-4H3. The molecule has 0 saturated heterocycles. The van der Waals surface area contributed by atoms with Crippen LogP contribution in [0.5, 0.6) is 0 Å². The van der Waals surface area contributed by atoms with Gasteiger partial charge in [-0.05, 0) is 35.6 Å². The minimum absolute atomic E-state index is 0.140. The molecule has 0 spiro atoms. The summed E-state index contributed by atoms with van der Waals surface area (Å²) < 4.78 is 0. The third-order valence-corrected chi connectivity index (χ3v) is 3.81. The Balaban J connectivity index is 2.15. The molecule has 0 amide bonds. The molecule has 0 heterocycles. The third kappa shape index (κ3) is 4.08. The molecule has 0 aliphatic heterocycles. The quantitative estimate of drug-likeness (QED) is 0.872. The number of aryl methyl sites for hydroxylation is 1. The zero-order valence-corrected chi connectivity index (χ0v) is 13.5. The molecule has 2 nitrogen and oxygen atoms in total. The average molecular weight is 282 g/mol. The van der Waals surface area contributed by atoms with E-state index in [4.69, 9.17) is 5.73 Å². The third-order valence-electron chi connectivity index (χ3n) is 3.81. The van der Waals surface area contributed by atoms with Gasteiger partial charge in [-0.1, -0.05) is 62.7 Å². The van der Waals surface area contributed by atoms with Crippen LogP contribution in [0.25, 0.3) is 0 Å². The molecule has 2 rings (SSSR count). The highest BCUT2D eigenvalue weighted by Gasteiger charge is 2.15. The molecule has 2 aromatic carbocycles. The summed E-state index contributed by atoms with van der Waals surface area (Å²) in [5, 5.41) is 3.51. The molecule has 3 N–H and O–H groups in total. The number of hydrogen-bond donors (Lipinski definition) is 2. The lowest BCUT2D eigenvalue weighted by Gasteiger charge is -2.22. The molecule has 0 aromatic heterocycles. The van der Waals surface area contributed by atoms with E-state index < -0.39 is 0 Å². The molecule has 0 radical (unpaired) electrons. The maximum absolute atomic E-state index is 5.94. The fourth-order valence-corrected chi connectivity index (χ4v) is 2.34. The highest BCUT2D eigenvalue weighted by Crippen LogP contribution is 2.25. The summed E-state index contributed by atoms with van der Waals surface area (Å²) in [7, 11) is 0. The van der Waals surface area contributed by atoms with Crippen molar-refractivity contribution in [1.29, 1.82) is 0 Å². The van der Waals surface area contributed by atoms with Crippen LogP contribution in [0.4, 0.5) is 5.69 Å². The van der Waals surface area contributed by atoms with Gasteiger partial charge in [0.05, 0.1) is 6.04 Å². The van der Waals surface area contributed by atoms with E-state index in [1.807, 2.05) is 0 Å². The summed E-state index contributed by atoms with van der Waals surface area (Å²) in [6, 6.07) is 17.3. The van der Waals surface area contributed by atoms with E-state index in [9.17, 15) is 0 Å². The van der Waals surface area contributed by atoms with Crippen LogP contribution >= 0.6 is 0 Å². The van der Waals surface area contributed by atoms with E-state index in [1.54, 1.807) is 0 Å². The van der Waals surface area contributed by atoms with Gasteiger partial charge in [-0.25, -0.2) is 0 Å². The number of nitrogens with two attached hydrogens (primary N) is 1. The Kier molecular flexibility index (Phi) is 4.69. The van der Waals surface area contributed by atoms with Crippen LogP contribution in [0.15, 0.2) is 48.5 Å². The molecule has 0 fully saturated rings. The molecule has 21 heavy (non-hydrogen) atoms. The summed E-state index contributed by atoms with van der Waals surface area (Å²) in [5.41, 5.74) is 11.1. The summed E-state index contributed by atoms with van der Waals surface area (Å²) in [5.74, 6) is 0. The first-order chi connectivity index (χ1) is 9.90. The van der Waals surface area contributed by atoms with Crippen LogP contribution in [-0.2, 0) is 5.41 Å². The van der Waals surface area contributed by atoms with Crippen molar-refractivity contribution in [3.8, 4) is 0 Å². The molecule has 112 valence electrons. The van der Waals surface area contributed by atoms with Gasteiger partial charge in [-0.3, -0.25) is 0 Å². The lowest BCUT2D eigenvalue weighted by Crippen LogP contribution is -2.21. The molecule has 1 unspecified atom stereocenters. The van der Waals surface area contributed by atoms with Gasteiger partial charge in [-0.2, -0.15) is 0 Å². The maximum atomic E-state index is 5.94. The highest BCUT2D eigenvalue weighted by molar-refractivity contribution is 5.47. The van der Waals surface area contributed by atoms with Gasteiger partial charge in [0, 0.05) is 12.2 Å². The molecular weight excluding hydrogens is 256 g/mol. The first-order valence-corrected chi connectivity index (χ1v) is 7.54. The lowest BCUT2D eigenvalue weighted by atomic mass is 9.86. The Morgan fingerprint density at radius 1 is 0.952 bits per heavy atom. The lowest BCUT2D eigenvalue weighted by molar-refractivity contribution is 0.589. The second-order valence-corrected chi connectivity index (χ2v) is 6.67. The van der Waals surface area contributed by atoms with Crippen LogP contribution in [-0.4, -0.2) is 6.54 Å². The Labute approximate surface area is 128 Å². The zero-order valence-electron chi connectivity index (χ0n) is 13.5. The largest absolute Gasteiger partial charge is 0.377 e. The van der Waals surface area contributed by atoms with Crippen LogP contribution in [0.1, 0.15) is 43.5 Å². The maximum Gasteiger partial charge on any atom is 0.0636 e. The summed E-state index contributed by atoms with van der Waals surface area (Å²) in [4.78, 5) is 0. The first kappa shape index (κ1) is 15.6. The Hall–Kier alpha value is -1.80.